The molecule has 3 atom stereocenters. The first-order valence-electron chi connectivity index (χ1n) is 11.8. The van der Waals surface area contributed by atoms with Gasteiger partial charge >= 0.3 is 0 Å². The Labute approximate surface area is 206 Å². The van der Waals surface area contributed by atoms with Crippen molar-refractivity contribution in [2.45, 2.75) is 50.8 Å². The van der Waals surface area contributed by atoms with Crippen molar-refractivity contribution in [1.29, 1.82) is 0 Å². The molecule has 1 aromatic heterocycles. The van der Waals surface area contributed by atoms with Crippen molar-refractivity contribution in [2.75, 3.05) is 7.11 Å². The minimum Gasteiger partial charge on any atom is -0.495 e. The van der Waals surface area contributed by atoms with Gasteiger partial charge in [0.2, 0.25) is 0 Å². The normalized spacial score (nSPS) is 23.2. The summed E-state index contributed by atoms with van der Waals surface area (Å²) in [6.45, 7) is 1.89. The first-order valence-corrected chi connectivity index (χ1v) is 11.8. The number of fused-ring (bicyclic) bond motifs is 1. The van der Waals surface area contributed by atoms with Crippen LogP contribution in [-0.4, -0.2) is 44.7 Å². The number of aliphatic hydroxyl groups is 1. The van der Waals surface area contributed by atoms with Gasteiger partial charge in [0.15, 0.2) is 17.5 Å². The van der Waals surface area contributed by atoms with Gasteiger partial charge in [-0.15, -0.1) is 0 Å². The van der Waals surface area contributed by atoms with Crippen LogP contribution in [0.1, 0.15) is 48.5 Å². The molecule has 188 valence electrons. The Bertz CT molecular complexity index is 1330. The summed E-state index contributed by atoms with van der Waals surface area (Å²) >= 11 is 0. The summed E-state index contributed by atoms with van der Waals surface area (Å²) in [7, 11) is 1.57. The number of imidazole rings is 1. The van der Waals surface area contributed by atoms with Crippen LogP contribution in [0.25, 0.3) is 11.8 Å². The number of carbonyl (C=O) groups excluding carboxylic acids is 1. The minimum atomic E-state index is -1.57. The SMILES string of the molecule is COc1cc(/C=C2\CC[C@@H]3CC[C@@H](O)[C@@H](c4cc(F)c(F)c(F)c4)N3C2=O)ccc1-n1cnc(C)c1. The van der Waals surface area contributed by atoms with Crippen molar-refractivity contribution < 1.29 is 27.8 Å². The third kappa shape index (κ3) is 4.28. The highest BCUT2D eigenvalue weighted by Gasteiger charge is 2.43. The van der Waals surface area contributed by atoms with E-state index in [4.69, 9.17) is 4.74 Å². The molecule has 2 saturated heterocycles. The van der Waals surface area contributed by atoms with E-state index in [1.54, 1.807) is 19.5 Å². The summed E-state index contributed by atoms with van der Waals surface area (Å²) in [5.74, 6) is -3.98. The number of hydrogen-bond acceptors (Lipinski definition) is 4. The highest BCUT2D eigenvalue weighted by molar-refractivity contribution is 5.99. The fourth-order valence-corrected chi connectivity index (χ4v) is 5.26. The maximum atomic E-state index is 14.0. The Kier molecular flexibility index (Phi) is 6.34. The van der Waals surface area contributed by atoms with E-state index in [1.165, 1.54) is 4.90 Å². The monoisotopic (exact) mass is 497 g/mol. The summed E-state index contributed by atoms with van der Waals surface area (Å²) < 4.78 is 49.0. The highest BCUT2D eigenvalue weighted by Crippen LogP contribution is 2.41. The smallest absolute Gasteiger partial charge is 0.250 e. The maximum absolute atomic E-state index is 14.0. The Balaban J connectivity index is 1.48. The lowest BCUT2D eigenvalue weighted by Crippen LogP contribution is -2.53. The predicted molar refractivity (Wildman–Crippen MR) is 127 cm³/mol. The molecule has 1 N–H and O–H groups in total. The van der Waals surface area contributed by atoms with Crippen LogP contribution in [0.3, 0.4) is 0 Å². The van der Waals surface area contributed by atoms with Gasteiger partial charge in [-0.25, -0.2) is 18.2 Å². The van der Waals surface area contributed by atoms with Crippen LogP contribution < -0.4 is 4.74 Å². The van der Waals surface area contributed by atoms with Gasteiger partial charge in [0.1, 0.15) is 5.75 Å². The van der Waals surface area contributed by atoms with Crippen LogP contribution >= 0.6 is 0 Å². The molecule has 5 rings (SSSR count). The lowest BCUT2D eigenvalue weighted by molar-refractivity contribution is -0.142. The lowest BCUT2D eigenvalue weighted by Gasteiger charge is -2.48. The zero-order valence-electron chi connectivity index (χ0n) is 19.9. The molecule has 2 aromatic carbocycles. The van der Waals surface area contributed by atoms with E-state index in [0.717, 1.165) is 29.1 Å². The first-order chi connectivity index (χ1) is 17.3. The van der Waals surface area contributed by atoms with Gasteiger partial charge in [-0.3, -0.25) is 4.79 Å². The van der Waals surface area contributed by atoms with Crippen LogP contribution in [0.2, 0.25) is 0 Å². The number of halogens is 3. The molecular weight excluding hydrogens is 471 g/mol. The molecule has 0 bridgehead atoms. The van der Waals surface area contributed by atoms with Crippen LogP contribution in [0.15, 0.2) is 48.4 Å². The number of ether oxygens (including phenoxy) is 1. The fraction of sp³-hybridized carbons (Fsp3) is 0.333. The van der Waals surface area contributed by atoms with Gasteiger partial charge in [0, 0.05) is 17.8 Å². The number of nitrogens with zero attached hydrogens (tertiary/aromatic N) is 3. The van der Waals surface area contributed by atoms with Gasteiger partial charge in [-0.1, -0.05) is 6.07 Å². The second-order valence-corrected chi connectivity index (χ2v) is 9.32. The van der Waals surface area contributed by atoms with Gasteiger partial charge < -0.3 is 19.3 Å². The molecule has 36 heavy (non-hydrogen) atoms. The van der Waals surface area contributed by atoms with Crippen LogP contribution in [0.5, 0.6) is 5.75 Å². The number of piperidine rings is 2. The number of rotatable bonds is 4. The van der Waals surface area contributed by atoms with Crippen molar-refractivity contribution in [3.8, 4) is 11.4 Å². The molecule has 0 unspecified atom stereocenters. The molecule has 0 aliphatic carbocycles. The molecule has 3 heterocycles. The second kappa shape index (κ2) is 9.46. The van der Waals surface area contributed by atoms with Gasteiger partial charge in [0.25, 0.3) is 5.91 Å². The highest BCUT2D eigenvalue weighted by atomic mass is 19.2. The molecule has 2 aliphatic rings. The second-order valence-electron chi connectivity index (χ2n) is 9.32. The van der Waals surface area contributed by atoms with E-state index in [1.807, 2.05) is 35.9 Å². The Morgan fingerprint density at radius 3 is 2.53 bits per heavy atom. The molecule has 0 spiro atoms. The Morgan fingerprint density at radius 2 is 1.86 bits per heavy atom. The number of aromatic nitrogens is 2. The van der Waals surface area contributed by atoms with Crippen LogP contribution in [0.4, 0.5) is 13.2 Å². The van der Waals surface area contributed by atoms with E-state index in [2.05, 4.69) is 4.98 Å². The average molecular weight is 498 g/mol. The summed E-state index contributed by atoms with van der Waals surface area (Å²) in [4.78, 5) is 19.4. The molecule has 2 aliphatic heterocycles. The number of carbonyl (C=O) groups is 1. The molecular formula is C27H26F3N3O3. The van der Waals surface area contributed by atoms with Crippen molar-refractivity contribution >= 4 is 12.0 Å². The zero-order valence-corrected chi connectivity index (χ0v) is 19.9. The Morgan fingerprint density at radius 1 is 1.11 bits per heavy atom. The van der Waals surface area contributed by atoms with Crippen molar-refractivity contribution in [2.24, 2.45) is 0 Å². The van der Waals surface area contributed by atoms with Crippen LogP contribution in [0, 0.1) is 24.4 Å². The molecule has 6 nitrogen and oxygen atoms in total. The third-order valence-electron chi connectivity index (χ3n) is 6.99. The maximum Gasteiger partial charge on any atom is 0.250 e. The number of aryl methyl sites for hydroxylation is 1. The van der Waals surface area contributed by atoms with Crippen molar-refractivity contribution in [1.82, 2.24) is 14.5 Å². The lowest BCUT2D eigenvalue weighted by atomic mass is 9.82. The topological polar surface area (TPSA) is 67.6 Å². The summed E-state index contributed by atoms with van der Waals surface area (Å²) in [5, 5.41) is 10.7. The van der Waals surface area contributed by atoms with E-state index < -0.39 is 29.6 Å². The van der Waals surface area contributed by atoms with E-state index >= 15 is 0 Å². The summed E-state index contributed by atoms with van der Waals surface area (Å²) in [6.07, 6.45) is 6.46. The van der Waals surface area contributed by atoms with Crippen LogP contribution in [-0.2, 0) is 4.79 Å². The quantitative estimate of drug-likeness (QED) is 0.412. The number of benzene rings is 2. The Hall–Kier alpha value is -3.59. The average Bonchev–Trinajstić information content (AvgIpc) is 3.30. The van der Waals surface area contributed by atoms with E-state index in [-0.39, 0.29) is 17.5 Å². The van der Waals surface area contributed by atoms with Gasteiger partial charge in [-0.05, 0) is 74.1 Å². The number of hydrogen-bond donors (Lipinski definition) is 1. The fourth-order valence-electron chi connectivity index (χ4n) is 5.26. The number of amides is 1. The summed E-state index contributed by atoms with van der Waals surface area (Å²) in [6, 6.07) is 6.14. The first kappa shape index (κ1) is 24.1. The molecule has 3 aromatic rings. The zero-order chi connectivity index (χ0) is 25.6. The number of aliphatic hydroxyl groups excluding tert-OH is 1. The molecule has 1 amide bonds. The van der Waals surface area contributed by atoms with Gasteiger partial charge in [-0.2, -0.15) is 0 Å². The largest absolute Gasteiger partial charge is 0.495 e. The molecule has 2 fully saturated rings. The number of methoxy groups -OCH3 is 1. The standard InChI is InChI=1S/C27H26F3N3O3/c1-15-13-32(14-31-15)22-7-3-16(10-24(22)36-2)9-17-4-5-19-6-8-23(34)26(33(19)27(17)35)18-11-20(28)25(30)21(29)12-18/h3,7,9-14,19,23,26,34H,4-6,8H2,1-2H3/b17-9+/t19-,23-,26-/m1/s1. The molecule has 0 radical (unpaired) electrons. The van der Waals surface area contributed by atoms with Crippen molar-refractivity contribution in [3.05, 3.63) is 82.7 Å². The molecule has 0 saturated carbocycles. The van der Waals surface area contributed by atoms with Gasteiger partial charge in [0.05, 0.1) is 37.0 Å². The van der Waals surface area contributed by atoms with Crippen molar-refractivity contribution in [3.63, 3.8) is 0 Å². The third-order valence-corrected chi connectivity index (χ3v) is 6.99. The minimum absolute atomic E-state index is 0.0415. The molecule has 9 heteroatoms. The predicted octanol–water partition coefficient (Wildman–Crippen LogP) is 4.88. The summed E-state index contributed by atoms with van der Waals surface area (Å²) in [5.41, 5.74) is 2.98. The van der Waals surface area contributed by atoms with E-state index in [0.29, 0.717) is 37.0 Å². The van der Waals surface area contributed by atoms with E-state index in [9.17, 15) is 23.1 Å².